The maximum atomic E-state index is 12.2. The van der Waals surface area contributed by atoms with Crippen LogP contribution in [0.2, 0.25) is 0 Å². The zero-order valence-corrected chi connectivity index (χ0v) is 12.6. The molecule has 2 aromatic rings. The Bertz CT molecular complexity index is 656. The van der Waals surface area contributed by atoms with Crippen LogP contribution in [0.5, 0.6) is 5.75 Å². The van der Waals surface area contributed by atoms with E-state index in [0.29, 0.717) is 11.1 Å². The van der Waals surface area contributed by atoms with E-state index in [-0.39, 0.29) is 11.5 Å². The van der Waals surface area contributed by atoms with Crippen LogP contribution in [0.4, 0.5) is 0 Å². The van der Waals surface area contributed by atoms with E-state index in [1.807, 2.05) is 19.1 Å². The second-order valence-corrected chi connectivity index (χ2v) is 5.01. The number of phenols is 1. The molecule has 0 fully saturated rings. The first-order chi connectivity index (χ1) is 10.5. The zero-order valence-electron chi connectivity index (χ0n) is 12.6. The van der Waals surface area contributed by atoms with Crippen molar-refractivity contribution in [2.24, 2.45) is 0 Å². The summed E-state index contributed by atoms with van der Waals surface area (Å²) in [6, 6.07) is 13.0. The van der Waals surface area contributed by atoms with Crippen molar-refractivity contribution in [2.75, 3.05) is 0 Å². The predicted molar refractivity (Wildman–Crippen MR) is 83.1 cm³/mol. The fourth-order valence-electron chi connectivity index (χ4n) is 2.02. The molecule has 0 aliphatic heterocycles. The number of rotatable bonds is 5. The van der Waals surface area contributed by atoms with Gasteiger partial charge in [0.15, 0.2) is 6.10 Å². The molecule has 0 saturated heterocycles. The van der Waals surface area contributed by atoms with E-state index in [0.717, 1.165) is 12.0 Å². The number of hydrogen-bond donors (Lipinski definition) is 1. The molecule has 1 atom stereocenters. The van der Waals surface area contributed by atoms with Gasteiger partial charge in [0, 0.05) is 5.56 Å². The number of carbonyl (C=O) groups excluding carboxylic acids is 2. The van der Waals surface area contributed by atoms with Gasteiger partial charge in [0.2, 0.25) is 5.78 Å². The van der Waals surface area contributed by atoms with Crippen molar-refractivity contribution in [3.8, 4) is 5.75 Å². The van der Waals surface area contributed by atoms with E-state index in [2.05, 4.69) is 0 Å². The fraction of sp³-hybridized carbons (Fsp3) is 0.222. The Labute approximate surface area is 129 Å². The van der Waals surface area contributed by atoms with Gasteiger partial charge in [0.05, 0.1) is 5.56 Å². The molecule has 114 valence electrons. The summed E-state index contributed by atoms with van der Waals surface area (Å²) < 4.78 is 5.18. The van der Waals surface area contributed by atoms with E-state index < -0.39 is 12.1 Å². The SMILES string of the molecule is CCc1ccc(C(=O)[C@@H](C)OC(=O)c2ccc(O)cc2)cc1. The molecule has 2 rings (SSSR count). The number of Topliss-reactive ketones (excluding diaryl/α,β-unsaturated/α-hetero) is 1. The smallest absolute Gasteiger partial charge is 0.338 e. The van der Waals surface area contributed by atoms with Gasteiger partial charge < -0.3 is 9.84 Å². The topological polar surface area (TPSA) is 63.6 Å². The lowest BCUT2D eigenvalue weighted by Crippen LogP contribution is -2.24. The molecule has 0 amide bonds. The van der Waals surface area contributed by atoms with E-state index in [4.69, 9.17) is 4.74 Å². The minimum atomic E-state index is -0.867. The minimum Gasteiger partial charge on any atom is -0.508 e. The van der Waals surface area contributed by atoms with Crippen molar-refractivity contribution in [1.82, 2.24) is 0 Å². The molecule has 0 saturated carbocycles. The molecule has 2 aromatic carbocycles. The lowest BCUT2D eigenvalue weighted by Gasteiger charge is -2.12. The molecule has 0 bridgehead atoms. The molecule has 22 heavy (non-hydrogen) atoms. The van der Waals surface area contributed by atoms with Crippen LogP contribution in [0.15, 0.2) is 48.5 Å². The maximum Gasteiger partial charge on any atom is 0.338 e. The third-order valence-electron chi connectivity index (χ3n) is 3.40. The van der Waals surface area contributed by atoms with E-state index in [1.54, 1.807) is 19.1 Å². The van der Waals surface area contributed by atoms with Crippen molar-refractivity contribution >= 4 is 11.8 Å². The highest BCUT2D eigenvalue weighted by Crippen LogP contribution is 2.14. The van der Waals surface area contributed by atoms with Gasteiger partial charge >= 0.3 is 5.97 Å². The largest absolute Gasteiger partial charge is 0.508 e. The molecular formula is C18H18O4. The number of carbonyl (C=O) groups is 2. The molecule has 0 aliphatic rings. The molecular weight excluding hydrogens is 280 g/mol. The molecule has 0 heterocycles. The third-order valence-corrected chi connectivity index (χ3v) is 3.40. The average molecular weight is 298 g/mol. The highest BCUT2D eigenvalue weighted by molar-refractivity contribution is 6.01. The lowest BCUT2D eigenvalue weighted by molar-refractivity contribution is 0.0319. The quantitative estimate of drug-likeness (QED) is 0.679. The zero-order chi connectivity index (χ0) is 16.1. The van der Waals surface area contributed by atoms with Crippen LogP contribution in [0.1, 0.15) is 40.1 Å². The molecule has 0 aliphatic carbocycles. The second kappa shape index (κ2) is 6.89. The Balaban J connectivity index is 2.03. The van der Waals surface area contributed by atoms with Crippen LogP contribution in [0.3, 0.4) is 0 Å². The first-order valence-electron chi connectivity index (χ1n) is 7.14. The van der Waals surface area contributed by atoms with Crippen LogP contribution in [0.25, 0.3) is 0 Å². The number of benzene rings is 2. The Morgan fingerprint density at radius 3 is 2.09 bits per heavy atom. The summed E-state index contributed by atoms with van der Waals surface area (Å²) in [7, 11) is 0. The summed E-state index contributed by atoms with van der Waals surface area (Å²) in [5, 5.41) is 9.19. The van der Waals surface area contributed by atoms with Crippen LogP contribution in [0, 0.1) is 0 Å². The summed E-state index contributed by atoms with van der Waals surface area (Å²) in [5.41, 5.74) is 1.95. The van der Waals surface area contributed by atoms with Crippen LogP contribution >= 0.6 is 0 Å². The third kappa shape index (κ3) is 3.73. The van der Waals surface area contributed by atoms with Gasteiger partial charge in [-0.2, -0.15) is 0 Å². The van der Waals surface area contributed by atoms with Crippen molar-refractivity contribution in [3.05, 3.63) is 65.2 Å². The number of aromatic hydroxyl groups is 1. The van der Waals surface area contributed by atoms with E-state index >= 15 is 0 Å². The van der Waals surface area contributed by atoms with Gasteiger partial charge in [-0.25, -0.2) is 4.79 Å². The Hall–Kier alpha value is -2.62. The van der Waals surface area contributed by atoms with Crippen molar-refractivity contribution in [1.29, 1.82) is 0 Å². The Kier molecular flexibility index (Phi) is 4.94. The molecule has 4 heteroatoms. The number of esters is 1. The minimum absolute atomic E-state index is 0.0664. The monoisotopic (exact) mass is 298 g/mol. The first-order valence-corrected chi connectivity index (χ1v) is 7.14. The molecule has 0 radical (unpaired) electrons. The summed E-state index contributed by atoms with van der Waals surface area (Å²) in [6.07, 6.45) is 0.0358. The van der Waals surface area contributed by atoms with Crippen molar-refractivity contribution in [2.45, 2.75) is 26.4 Å². The van der Waals surface area contributed by atoms with Crippen LogP contribution in [-0.4, -0.2) is 23.0 Å². The predicted octanol–water partition coefficient (Wildman–Crippen LogP) is 3.38. The van der Waals surface area contributed by atoms with Gasteiger partial charge in [0.25, 0.3) is 0 Å². The number of ketones is 1. The maximum absolute atomic E-state index is 12.2. The lowest BCUT2D eigenvalue weighted by atomic mass is 10.0. The number of hydrogen-bond acceptors (Lipinski definition) is 4. The number of ether oxygens (including phenoxy) is 1. The summed E-state index contributed by atoms with van der Waals surface area (Å²) >= 11 is 0. The highest BCUT2D eigenvalue weighted by Gasteiger charge is 2.20. The molecule has 0 aromatic heterocycles. The van der Waals surface area contributed by atoms with Gasteiger partial charge in [-0.3, -0.25) is 4.79 Å². The molecule has 0 spiro atoms. The van der Waals surface area contributed by atoms with Gasteiger partial charge in [-0.15, -0.1) is 0 Å². The van der Waals surface area contributed by atoms with E-state index in [1.165, 1.54) is 24.3 Å². The average Bonchev–Trinajstić information content (AvgIpc) is 2.54. The summed E-state index contributed by atoms with van der Waals surface area (Å²) in [4.78, 5) is 24.2. The van der Waals surface area contributed by atoms with Gasteiger partial charge in [-0.1, -0.05) is 31.2 Å². The van der Waals surface area contributed by atoms with Crippen LogP contribution < -0.4 is 0 Å². The van der Waals surface area contributed by atoms with Gasteiger partial charge in [0.1, 0.15) is 5.75 Å². The molecule has 0 unspecified atom stereocenters. The summed E-state index contributed by atoms with van der Waals surface area (Å²) in [6.45, 7) is 3.59. The number of aryl methyl sites for hydroxylation is 1. The van der Waals surface area contributed by atoms with Crippen LogP contribution in [-0.2, 0) is 11.2 Å². The standard InChI is InChI=1S/C18H18O4/c1-3-13-4-6-14(7-5-13)17(20)12(2)22-18(21)15-8-10-16(19)11-9-15/h4-12,19H,3H2,1-2H3/t12-/m1/s1. The van der Waals surface area contributed by atoms with Crippen molar-refractivity contribution in [3.63, 3.8) is 0 Å². The summed E-state index contributed by atoms with van der Waals surface area (Å²) in [5.74, 6) is -0.766. The Morgan fingerprint density at radius 1 is 1.00 bits per heavy atom. The fourth-order valence-corrected chi connectivity index (χ4v) is 2.02. The highest BCUT2D eigenvalue weighted by atomic mass is 16.5. The first kappa shape index (κ1) is 15.8. The normalized spacial score (nSPS) is 11.7. The Morgan fingerprint density at radius 2 is 1.55 bits per heavy atom. The molecule has 4 nitrogen and oxygen atoms in total. The van der Waals surface area contributed by atoms with Crippen molar-refractivity contribution < 1.29 is 19.4 Å². The second-order valence-electron chi connectivity index (χ2n) is 5.01. The molecule has 1 N–H and O–H groups in total. The van der Waals surface area contributed by atoms with E-state index in [9.17, 15) is 14.7 Å². The van der Waals surface area contributed by atoms with Gasteiger partial charge in [-0.05, 0) is 43.2 Å². The number of phenolic OH excluding ortho intramolecular Hbond substituents is 1.